The van der Waals surface area contributed by atoms with Crippen LogP contribution in [0.15, 0.2) is 30.5 Å². The Bertz CT molecular complexity index is 721. The van der Waals surface area contributed by atoms with E-state index < -0.39 is 11.8 Å². The van der Waals surface area contributed by atoms with Crippen molar-refractivity contribution >= 4 is 34.9 Å². The van der Waals surface area contributed by atoms with E-state index in [0.29, 0.717) is 16.5 Å². The molecule has 1 heterocycles. The van der Waals surface area contributed by atoms with E-state index in [4.69, 9.17) is 11.6 Å². The van der Waals surface area contributed by atoms with Crippen molar-refractivity contribution in [3.63, 3.8) is 0 Å². The predicted molar refractivity (Wildman–Crippen MR) is 87.2 cm³/mol. The van der Waals surface area contributed by atoms with Gasteiger partial charge < -0.3 is 10.6 Å². The van der Waals surface area contributed by atoms with Crippen LogP contribution >= 0.6 is 11.6 Å². The van der Waals surface area contributed by atoms with E-state index >= 15 is 0 Å². The molecule has 5 nitrogen and oxygen atoms in total. The Morgan fingerprint density at radius 1 is 1.00 bits per heavy atom. The van der Waals surface area contributed by atoms with Crippen molar-refractivity contribution in [2.45, 2.75) is 20.8 Å². The summed E-state index contributed by atoms with van der Waals surface area (Å²) in [5.74, 6) is -1.27. The van der Waals surface area contributed by atoms with Crippen molar-refractivity contribution in [3.8, 4) is 0 Å². The fraction of sp³-hybridized carbons (Fsp3) is 0.188. The van der Waals surface area contributed by atoms with E-state index in [2.05, 4.69) is 15.6 Å². The first kappa shape index (κ1) is 16.0. The molecule has 2 aromatic rings. The topological polar surface area (TPSA) is 71.1 Å². The Morgan fingerprint density at radius 2 is 1.68 bits per heavy atom. The number of hydrogen-bond donors (Lipinski definition) is 2. The number of carbonyl (C=O) groups excluding carboxylic acids is 2. The second kappa shape index (κ2) is 6.58. The molecule has 0 saturated heterocycles. The second-order valence-corrected chi connectivity index (χ2v) is 5.47. The lowest BCUT2D eigenvalue weighted by molar-refractivity contribution is -0.133. The van der Waals surface area contributed by atoms with Crippen LogP contribution in [0.2, 0.25) is 5.02 Å². The van der Waals surface area contributed by atoms with Crippen LogP contribution in [0.4, 0.5) is 11.5 Å². The van der Waals surface area contributed by atoms with Crippen LogP contribution < -0.4 is 10.6 Å². The maximum absolute atomic E-state index is 12.0. The Kier molecular flexibility index (Phi) is 4.78. The summed E-state index contributed by atoms with van der Waals surface area (Å²) in [6.07, 6.45) is 1.56. The zero-order chi connectivity index (χ0) is 16.3. The van der Waals surface area contributed by atoms with Crippen molar-refractivity contribution in [1.29, 1.82) is 0 Å². The summed E-state index contributed by atoms with van der Waals surface area (Å²) in [5.41, 5.74) is 3.14. The highest BCUT2D eigenvalue weighted by atomic mass is 35.5. The zero-order valence-electron chi connectivity index (χ0n) is 12.5. The number of carbonyl (C=O) groups is 2. The van der Waals surface area contributed by atoms with Crippen LogP contribution in [0.5, 0.6) is 0 Å². The molecule has 0 radical (unpaired) electrons. The molecule has 0 unspecified atom stereocenters. The largest absolute Gasteiger partial charge is 0.316 e. The lowest BCUT2D eigenvalue weighted by Gasteiger charge is -2.11. The molecule has 2 amide bonds. The zero-order valence-corrected chi connectivity index (χ0v) is 13.3. The fourth-order valence-corrected chi connectivity index (χ4v) is 2.39. The summed E-state index contributed by atoms with van der Waals surface area (Å²) in [6, 6.07) is 7.08. The van der Waals surface area contributed by atoms with E-state index in [-0.39, 0.29) is 0 Å². The molecular formula is C16H16ClN3O2. The number of aromatic nitrogens is 1. The maximum Gasteiger partial charge on any atom is 0.315 e. The summed E-state index contributed by atoms with van der Waals surface area (Å²) in [5, 5.41) is 5.37. The van der Waals surface area contributed by atoms with Crippen LogP contribution in [0, 0.1) is 20.8 Å². The molecule has 6 heteroatoms. The molecule has 114 valence electrons. The number of hydrogen-bond acceptors (Lipinski definition) is 3. The highest BCUT2D eigenvalue weighted by Crippen LogP contribution is 2.27. The minimum Gasteiger partial charge on any atom is -0.316 e. The van der Waals surface area contributed by atoms with Gasteiger partial charge in [-0.1, -0.05) is 17.7 Å². The number of benzene rings is 1. The van der Waals surface area contributed by atoms with Gasteiger partial charge in [0.1, 0.15) is 5.82 Å². The van der Waals surface area contributed by atoms with Gasteiger partial charge in [0.15, 0.2) is 0 Å². The fourth-order valence-electron chi connectivity index (χ4n) is 2.02. The number of nitrogens with one attached hydrogen (secondary N) is 2. The normalized spacial score (nSPS) is 10.2. The first-order valence-corrected chi connectivity index (χ1v) is 7.06. The van der Waals surface area contributed by atoms with Gasteiger partial charge in [0, 0.05) is 6.20 Å². The maximum atomic E-state index is 12.0. The molecule has 0 aliphatic rings. The van der Waals surface area contributed by atoms with E-state index in [9.17, 15) is 9.59 Å². The Labute approximate surface area is 133 Å². The number of halogens is 1. The molecule has 0 spiro atoms. The van der Waals surface area contributed by atoms with E-state index in [1.165, 1.54) is 0 Å². The summed E-state index contributed by atoms with van der Waals surface area (Å²) in [6.45, 7) is 5.59. The number of rotatable bonds is 2. The van der Waals surface area contributed by atoms with Gasteiger partial charge in [-0.2, -0.15) is 0 Å². The summed E-state index contributed by atoms with van der Waals surface area (Å²) in [4.78, 5) is 27.9. The molecule has 0 saturated carbocycles. The molecule has 0 atom stereocenters. The molecule has 0 aliphatic heterocycles. The van der Waals surface area contributed by atoms with Crippen molar-refractivity contribution in [2.75, 3.05) is 10.6 Å². The molecule has 0 aliphatic carbocycles. The Balaban J connectivity index is 2.11. The van der Waals surface area contributed by atoms with Crippen LogP contribution in [-0.2, 0) is 9.59 Å². The van der Waals surface area contributed by atoms with Gasteiger partial charge in [-0.3, -0.25) is 9.59 Å². The van der Waals surface area contributed by atoms with Crippen molar-refractivity contribution < 1.29 is 9.59 Å². The molecule has 0 bridgehead atoms. The number of anilines is 2. The van der Waals surface area contributed by atoms with Crippen LogP contribution in [0.3, 0.4) is 0 Å². The average molecular weight is 318 g/mol. The highest BCUT2D eigenvalue weighted by Gasteiger charge is 2.17. The minimum absolute atomic E-state index is 0.326. The van der Waals surface area contributed by atoms with Gasteiger partial charge in [0.2, 0.25) is 0 Å². The molecule has 1 aromatic heterocycles. The molecule has 0 fully saturated rings. The van der Waals surface area contributed by atoms with Crippen molar-refractivity contribution in [2.24, 2.45) is 0 Å². The summed E-state index contributed by atoms with van der Waals surface area (Å²) in [7, 11) is 0. The van der Waals surface area contributed by atoms with Crippen molar-refractivity contribution in [3.05, 3.63) is 52.2 Å². The van der Waals surface area contributed by atoms with Crippen LogP contribution in [-0.4, -0.2) is 16.8 Å². The second-order valence-electron chi connectivity index (χ2n) is 5.07. The summed E-state index contributed by atoms with van der Waals surface area (Å²) >= 11 is 6.11. The first-order valence-electron chi connectivity index (χ1n) is 6.68. The average Bonchev–Trinajstić information content (AvgIpc) is 2.42. The van der Waals surface area contributed by atoms with Gasteiger partial charge in [-0.25, -0.2) is 4.98 Å². The quantitative estimate of drug-likeness (QED) is 0.835. The Hall–Kier alpha value is -2.40. The third-order valence-corrected chi connectivity index (χ3v) is 3.33. The third-order valence-electron chi connectivity index (χ3n) is 3.03. The van der Waals surface area contributed by atoms with E-state index in [1.807, 2.05) is 26.8 Å². The minimum atomic E-state index is -0.797. The number of nitrogens with zero attached hydrogens (tertiary/aromatic N) is 1. The first-order chi connectivity index (χ1) is 10.4. The Morgan fingerprint density at radius 3 is 2.32 bits per heavy atom. The van der Waals surface area contributed by atoms with E-state index in [1.54, 1.807) is 24.4 Å². The molecule has 22 heavy (non-hydrogen) atoms. The number of aryl methyl sites for hydroxylation is 3. The monoisotopic (exact) mass is 317 g/mol. The number of amides is 2. The van der Waals surface area contributed by atoms with Gasteiger partial charge in [-0.05, 0) is 55.7 Å². The molecule has 1 aromatic carbocycles. The molecular weight excluding hydrogens is 302 g/mol. The van der Waals surface area contributed by atoms with Gasteiger partial charge in [0.05, 0.1) is 10.7 Å². The smallest absolute Gasteiger partial charge is 0.315 e. The van der Waals surface area contributed by atoms with Crippen LogP contribution in [0.25, 0.3) is 0 Å². The van der Waals surface area contributed by atoms with Gasteiger partial charge in [0.25, 0.3) is 0 Å². The van der Waals surface area contributed by atoms with Crippen LogP contribution in [0.1, 0.15) is 16.7 Å². The third kappa shape index (κ3) is 3.83. The SMILES string of the molecule is Cc1ccnc(NC(=O)C(=O)Nc2c(C)cc(C)cc2Cl)c1. The lowest BCUT2D eigenvalue weighted by Crippen LogP contribution is -2.29. The summed E-state index contributed by atoms with van der Waals surface area (Å²) < 4.78 is 0. The lowest BCUT2D eigenvalue weighted by atomic mass is 10.1. The van der Waals surface area contributed by atoms with E-state index in [0.717, 1.165) is 16.7 Å². The number of pyridine rings is 1. The highest BCUT2D eigenvalue weighted by molar-refractivity contribution is 6.44. The standard InChI is InChI=1S/C16H16ClN3O2/c1-9-4-5-18-13(8-9)19-15(21)16(22)20-14-11(3)6-10(2)7-12(14)17/h4-8H,1-3H3,(H,20,22)(H,18,19,21). The molecule has 2 N–H and O–H groups in total. The molecule has 2 rings (SSSR count). The van der Waals surface area contributed by atoms with Crippen molar-refractivity contribution in [1.82, 2.24) is 4.98 Å². The predicted octanol–water partition coefficient (Wildman–Crippen LogP) is 3.24. The van der Waals surface area contributed by atoms with Gasteiger partial charge in [-0.15, -0.1) is 0 Å². The van der Waals surface area contributed by atoms with Gasteiger partial charge >= 0.3 is 11.8 Å².